The number of hydrogen-bond donors (Lipinski definition) is 2. The van der Waals surface area contributed by atoms with Gasteiger partial charge in [0.05, 0.1) is 12.3 Å². The minimum absolute atomic E-state index is 0.291. The van der Waals surface area contributed by atoms with Crippen LogP contribution in [-0.4, -0.2) is 56.7 Å². The summed E-state index contributed by atoms with van der Waals surface area (Å²) >= 11 is 0. The van der Waals surface area contributed by atoms with Gasteiger partial charge in [-0.2, -0.15) is 0 Å². The minimum atomic E-state index is -3.01. The van der Waals surface area contributed by atoms with Crippen LogP contribution in [0.2, 0.25) is 0 Å². The Labute approximate surface area is 152 Å². The molecular formula is C18H34N4O2S. The molecule has 2 saturated carbocycles. The van der Waals surface area contributed by atoms with E-state index in [0.717, 1.165) is 30.8 Å². The lowest BCUT2D eigenvalue weighted by Gasteiger charge is -2.39. The second kappa shape index (κ2) is 8.71. The van der Waals surface area contributed by atoms with Crippen molar-refractivity contribution in [2.45, 2.75) is 64.3 Å². The van der Waals surface area contributed by atoms with Crippen LogP contribution >= 0.6 is 0 Å². The lowest BCUT2D eigenvalue weighted by Crippen LogP contribution is -2.47. The van der Waals surface area contributed by atoms with Gasteiger partial charge in [-0.3, -0.25) is 4.99 Å². The summed E-state index contributed by atoms with van der Waals surface area (Å²) in [5, 5.41) is 6.93. The van der Waals surface area contributed by atoms with Crippen LogP contribution < -0.4 is 10.6 Å². The third-order valence-electron chi connectivity index (χ3n) is 6.05. The monoisotopic (exact) mass is 370 g/mol. The van der Waals surface area contributed by atoms with Crippen molar-refractivity contribution in [2.75, 3.05) is 31.9 Å². The average molecular weight is 371 g/mol. The normalized spacial score (nSPS) is 33.0. The van der Waals surface area contributed by atoms with Crippen molar-refractivity contribution in [1.82, 2.24) is 14.9 Å². The molecule has 3 aliphatic rings. The van der Waals surface area contributed by atoms with Crippen LogP contribution in [0.25, 0.3) is 0 Å². The average Bonchev–Trinajstić information content (AvgIpc) is 2.93. The number of fused-ring (bicyclic) bond motifs is 1. The Bertz CT molecular complexity index is 563. The molecule has 3 rings (SSSR count). The Morgan fingerprint density at radius 2 is 1.92 bits per heavy atom. The number of sulfonamides is 1. The molecule has 0 spiro atoms. The highest BCUT2D eigenvalue weighted by molar-refractivity contribution is 7.89. The number of rotatable bonds is 5. The summed E-state index contributed by atoms with van der Waals surface area (Å²) < 4.78 is 25.3. The number of nitrogens with one attached hydrogen (secondary N) is 2. The van der Waals surface area contributed by atoms with Crippen molar-refractivity contribution in [1.29, 1.82) is 0 Å². The van der Waals surface area contributed by atoms with Gasteiger partial charge in [0, 0.05) is 25.7 Å². The Hall–Kier alpha value is -0.820. The third-order valence-corrected chi connectivity index (χ3v) is 8.00. The Kier molecular flexibility index (Phi) is 6.61. The van der Waals surface area contributed by atoms with Gasteiger partial charge in [0.1, 0.15) is 0 Å². The molecule has 0 radical (unpaired) electrons. The molecule has 3 atom stereocenters. The van der Waals surface area contributed by atoms with Crippen LogP contribution in [0.1, 0.15) is 58.3 Å². The van der Waals surface area contributed by atoms with E-state index in [2.05, 4.69) is 22.5 Å². The standard InChI is InChI=1S/C18H34N4O2S/c1-2-19-18(20-10-12-22-11-5-13-25(22,23)24)21-17-9-8-15-6-3-4-7-16(15)14-17/h15-17H,2-14H2,1H3,(H2,19,20,21). The smallest absolute Gasteiger partial charge is 0.214 e. The summed E-state index contributed by atoms with van der Waals surface area (Å²) in [4.78, 5) is 4.63. The van der Waals surface area contributed by atoms with E-state index in [4.69, 9.17) is 0 Å². The van der Waals surface area contributed by atoms with E-state index in [0.29, 0.717) is 31.4 Å². The summed E-state index contributed by atoms with van der Waals surface area (Å²) in [5.74, 6) is 2.97. The quantitative estimate of drug-likeness (QED) is 0.573. The fourth-order valence-corrected chi connectivity index (χ4v) is 6.25. The van der Waals surface area contributed by atoms with Crippen molar-refractivity contribution >= 4 is 16.0 Å². The van der Waals surface area contributed by atoms with E-state index in [1.807, 2.05) is 0 Å². The molecule has 1 aliphatic heterocycles. The topological polar surface area (TPSA) is 73.8 Å². The minimum Gasteiger partial charge on any atom is -0.357 e. The van der Waals surface area contributed by atoms with Gasteiger partial charge >= 0.3 is 0 Å². The Morgan fingerprint density at radius 3 is 2.64 bits per heavy atom. The Balaban J connectivity index is 1.50. The first-order chi connectivity index (χ1) is 12.1. The lowest BCUT2D eigenvalue weighted by atomic mass is 9.69. The zero-order chi connectivity index (χ0) is 17.7. The molecule has 144 valence electrons. The first-order valence-corrected chi connectivity index (χ1v) is 11.7. The highest BCUT2D eigenvalue weighted by Crippen LogP contribution is 2.40. The van der Waals surface area contributed by atoms with E-state index in [-0.39, 0.29) is 0 Å². The van der Waals surface area contributed by atoms with Crippen molar-refractivity contribution in [3.05, 3.63) is 0 Å². The summed E-state index contributed by atoms with van der Waals surface area (Å²) in [6.45, 7) is 4.56. The molecule has 0 aromatic heterocycles. The molecule has 1 heterocycles. The van der Waals surface area contributed by atoms with E-state index < -0.39 is 10.0 Å². The van der Waals surface area contributed by atoms with Crippen molar-refractivity contribution in [2.24, 2.45) is 16.8 Å². The highest BCUT2D eigenvalue weighted by Gasteiger charge is 2.32. The maximum Gasteiger partial charge on any atom is 0.214 e. The van der Waals surface area contributed by atoms with Crippen molar-refractivity contribution in [3.63, 3.8) is 0 Å². The molecule has 0 bridgehead atoms. The van der Waals surface area contributed by atoms with Crippen molar-refractivity contribution < 1.29 is 8.42 Å². The number of nitrogens with zero attached hydrogens (tertiary/aromatic N) is 2. The van der Waals surface area contributed by atoms with Gasteiger partial charge < -0.3 is 10.6 Å². The molecular weight excluding hydrogens is 336 g/mol. The Morgan fingerprint density at radius 1 is 1.12 bits per heavy atom. The summed E-state index contributed by atoms with van der Waals surface area (Å²) in [7, 11) is -3.01. The van der Waals surface area contributed by atoms with Gasteiger partial charge in [-0.25, -0.2) is 12.7 Å². The van der Waals surface area contributed by atoms with E-state index in [1.54, 1.807) is 4.31 Å². The van der Waals surface area contributed by atoms with Crippen LogP contribution in [-0.2, 0) is 10.0 Å². The first kappa shape index (κ1) is 19.0. The fraction of sp³-hybridized carbons (Fsp3) is 0.944. The predicted molar refractivity (Wildman–Crippen MR) is 102 cm³/mol. The molecule has 3 unspecified atom stereocenters. The molecule has 6 nitrogen and oxygen atoms in total. The number of aliphatic imine (C=N–C) groups is 1. The SMILES string of the molecule is CCNC(=NCCN1CCCS1(=O)=O)NC1CCC2CCCCC2C1. The zero-order valence-electron chi connectivity index (χ0n) is 15.5. The summed E-state index contributed by atoms with van der Waals surface area (Å²) in [5.41, 5.74) is 0. The molecule has 0 aromatic rings. The van der Waals surface area contributed by atoms with Gasteiger partial charge in [-0.15, -0.1) is 0 Å². The predicted octanol–water partition coefficient (Wildman–Crippen LogP) is 1.94. The largest absolute Gasteiger partial charge is 0.357 e. The maximum atomic E-state index is 11.9. The molecule has 2 N–H and O–H groups in total. The third kappa shape index (κ3) is 5.09. The maximum absolute atomic E-state index is 11.9. The van der Waals surface area contributed by atoms with Gasteiger partial charge in [-0.1, -0.05) is 25.7 Å². The van der Waals surface area contributed by atoms with Crippen molar-refractivity contribution in [3.8, 4) is 0 Å². The molecule has 2 aliphatic carbocycles. The highest BCUT2D eigenvalue weighted by atomic mass is 32.2. The number of guanidine groups is 1. The van der Waals surface area contributed by atoms with Crippen LogP contribution in [0.3, 0.4) is 0 Å². The summed E-state index contributed by atoms with van der Waals surface area (Å²) in [6, 6.07) is 0.507. The zero-order valence-corrected chi connectivity index (χ0v) is 16.4. The molecule has 7 heteroatoms. The molecule has 3 fully saturated rings. The van der Waals surface area contributed by atoms with Gasteiger partial charge in [0.15, 0.2) is 5.96 Å². The van der Waals surface area contributed by atoms with Gasteiger partial charge in [0.2, 0.25) is 10.0 Å². The molecule has 25 heavy (non-hydrogen) atoms. The first-order valence-electron chi connectivity index (χ1n) is 10.1. The van der Waals surface area contributed by atoms with Gasteiger partial charge in [0.25, 0.3) is 0 Å². The van der Waals surface area contributed by atoms with Crippen LogP contribution in [0.5, 0.6) is 0 Å². The molecule has 0 amide bonds. The van der Waals surface area contributed by atoms with E-state index >= 15 is 0 Å². The van der Waals surface area contributed by atoms with Crippen LogP contribution in [0, 0.1) is 11.8 Å². The second-order valence-corrected chi connectivity index (χ2v) is 9.88. The number of hydrogen-bond acceptors (Lipinski definition) is 3. The van der Waals surface area contributed by atoms with Crippen LogP contribution in [0.4, 0.5) is 0 Å². The molecule has 0 aromatic carbocycles. The second-order valence-electron chi connectivity index (χ2n) is 7.79. The van der Waals surface area contributed by atoms with E-state index in [9.17, 15) is 8.42 Å². The summed E-state index contributed by atoms with van der Waals surface area (Å²) in [6.07, 6.45) is 10.2. The van der Waals surface area contributed by atoms with Crippen LogP contribution in [0.15, 0.2) is 4.99 Å². The lowest BCUT2D eigenvalue weighted by molar-refractivity contribution is 0.150. The van der Waals surface area contributed by atoms with E-state index in [1.165, 1.54) is 44.9 Å². The van der Waals surface area contributed by atoms with Gasteiger partial charge in [-0.05, 0) is 44.4 Å². The molecule has 1 saturated heterocycles. The fourth-order valence-electron chi connectivity index (χ4n) is 4.73.